The van der Waals surface area contributed by atoms with Gasteiger partial charge in [-0.05, 0) is 49.9 Å². The summed E-state index contributed by atoms with van der Waals surface area (Å²) in [5.74, 6) is 0.208. The number of nitrogens with one attached hydrogen (secondary N) is 2. The summed E-state index contributed by atoms with van der Waals surface area (Å²) >= 11 is 3.49. The number of piperidine rings is 1. The van der Waals surface area contributed by atoms with Crippen molar-refractivity contribution in [3.05, 3.63) is 34.3 Å². The Kier molecular flexibility index (Phi) is 5.10. The number of hydrogen-bond acceptors (Lipinski definition) is 2. The monoisotopic (exact) mass is 358 g/mol. The van der Waals surface area contributed by atoms with Gasteiger partial charge in [0.1, 0.15) is 0 Å². The molecule has 1 amide bonds. The lowest BCUT2D eigenvalue weighted by Gasteiger charge is -2.26. The van der Waals surface area contributed by atoms with Crippen LogP contribution in [0.15, 0.2) is 28.7 Å². The number of carbonyl (C=O) groups excluding carboxylic acids is 1. The van der Waals surface area contributed by atoms with Crippen LogP contribution in [0.1, 0.15) is 31.2 Å². The third-order valence-electron chi connectivity index (χ3n) is 4.19. The van der Waals surface area contributed by atoms with Crippen molar-refractivity contribution < 1.29 is 4.79 Å². The minimum atomic E-state index is -0.263. The first-order valence-electron chi connectivity index (χ1n) is 6.98. The zero-order valence-electron chi connectivity index (χ0n) is 11.3. The Labute approximate surface area is 134 Å². The predicted octanol–water partition coefficient (Wildman–Crippen LogP) is 2.77. The van der Waals surface area contributed by atoms with Crippen LogP contribution in [0.5, 0.6) is 0 Å². The molecule has 2 N–H and O–H groups in total. The first-order chi connectivity index (χ1) is 9.21. The highest BCUT2D eigenvalue weighted by molar-refractivity contribution is 9.10. The maximum absolute atomic E-state index is 12.6. The maximum atomic E-state index is 12.6. The topological polar surface area (TPSA) is 41.1 Å². The van der Waals surface area contributed by atoms with Crippen LogP contribution in [0.4, 0.5) is 0 Å². The lowest BCUT2D eigenvalue weighted by atomic mass is 9.94. The highest BCUT2D eigenvalue weighted by Gasteiger charge is 2.51. The van der Waals surface area contributed by atoms with E-state index in [9.17, 15) is 4.79 Å². The zero-order chi connectivity index (χ0) is 13.3. The number of amides is 1. The van der Waals surface area contributed by atoms with E-state index in [2.05, 4.69) is 38.7 Å². The van der Waals surface area contributed by atoms with Crippen LogP contribution in [-0.4, -0.2) is 25.0 Å². The molecular formula is C15H20BrClN2O. The maximum Gasteiger partial charge on any atom is 0.230 e. The van der Waals surface area contributed by atoms with Gasteiger partial charge in [-0.2, -0.15) is 0 Å². The van der Waals surface area contributed by atoms with Crippen LogP contribution < -0.4 is 10.6 Å². The van der Waals surface area contributed by atoms with Gasteiger partial charge in [0, 0.05) is 17.1 Å². The number of carbonyl (C=O) groups is 1. The SMILES string of the molecule is Cl.O=C(N[C@H]1CCCNC1)C1(c2cccc(Br)c2)CC1. The summed E-state index contributed by atoms with van der Waals surface area (Å²) in [6.07, 6.45) is 4.17. The molecule has 1 heterocycles. The summed E-state index contributed by atoms with van der Waals surface area (Å²) in [5.41, 5.74) is 0.879. The van der Waals surface area contributed by atoms with Crippen molar-refractivity contribution in [2.45, 2.75) is 37.1 Å². The van der Waals surface area contributed by atoms with Crippen LogP contribution in [0.3, 0.4) is 0 Å². The molecule has 0 radical (unpaired) electrons. The Morgan fingerprint density at radius 3 is 2.80 bits per heavy atom. The van der Waals surface area contributed by atoms with E-state index in [0.717, 1.165) is 48.8 Å². The van der Waals surface area contributed by atoms with Crippen LogP contribution in [0, 0.1) is 0 Å². The average molecular weight is 360 g/mol. The fraction of sp³-hybridized carbons (Fsp3) is 0.533. The van der Waals surface area contributed by atoms with Crippen LogP contribution >= 0.6 is 28.3 Å². The third kappa shape index (κ3) is 3.18. The van der Waals surface area contributed by atoms with Crippen molar-refractivity contribution in [1.82, 2.24) is 10.6 Å². The molecule has 0 spiro atoms. The molecule has 1 saturated carbocycles. The van der Waals surface area contributed by atoms with Gasteiger partial charge in [0.05, 0.1) is 5.41 Å². The fourth-order valence-electron chi connectivity index (χ4n) is 2.86. The standard InChI is InChI=1S/C15H19BrN2O.ClH/c16-12-4-1-3-11(9-12)15(6-7-15)14(19)18-13-5-2-8-17-10-13;/h1,3-4,9,13,17H,2,5-8,10H2,(H,18,19);1H/t13-;/m0./s1. The summed E-state index contributed by atoms with van der Waals surface area (Å²) in [6.45, 7) is 1.98. The minimum absolute atomic E-state index is 0. The second kappa shape index (κ2) is 6.46. The van der Waals surface area contributed by atoms with Crippen molar-refractivity contribution in [1.29, 1.82) is 0 Å². The Hall–Kier alpha value is -0.580. The Morgan fingerprint density at radius 2 is 2.20 bits per heavy atom. The van der Waals surface area contributed by atoms with Gasteiger partial charge >= 0.3 is 0 Å². The molecule has 20 heavy (non-hydrogen) atoms. The molecule has 3 rings (SSSR count). The lowest BCUT2D eigenvalue weighted by Crippen LogP contribution is -2.48. The summed E-state index contributed by atoms with van der Waals surface area (Å²) in [4.78, 5) is 12.6. The molecule has 2 aliphatic rings. The first kappa shape index (κ1) is 15.8. The first-order valence-corrected chi connectivity index (χ1v) is 7.78. The van der Waals surface area contributed by atoms with E-state index in [0.29, 0.717) is 6.04 Å². The molecule has 5 heteroatoms. The highest BCUT2D eigenvalue weighted by atomic mass is 79.9. The van der Waals surface area contributed by atoms with Gasteiger partial charge in [0.25, 0.3) is 0 Å². The van der Waals surface area contributed by atoms with Crippen molar-refractivity contribution in [3.8, 4) is 0 Å². The molecule has 0 unspecified atom stereocenters. The Morgan fingerprint density at radius 1 is 1.40 bits per heavy atom. The second-order valence-corrected chi connectivity index (χ2v) is 6.52. The largest absolute Gasteiger partial charge is 0.351 e. The summed E-state index contributed by atoms with van der Waals surface area (Å²) in [6, 6.07) is 8.45. The fourth-order valence-corrected chi connectivity index (χ4v) is 3.26. The van der Waals surface area contributed by atoms with E-state index in [-0.39, 0.29) is 23.7 Å². The molecule has 1 aromatic carbocycles. The average Bonchev–Trinajstić information content (AvgIpc) is 3.21. The van der Waals surface area contributed by atoms with Crippen molar-refractivity contribution in [2.75, 3.05) is 13.1 Å². The predicted molar refractivity (Wildman–Crippen MR) is 86.3 cm³/mol. The number of rotatable bonds is 3. The molecule has 110 valence electrons. The van der Waals surface area contributed by atoms with Gasteiger partial charge in [0.2, 0.25) is 5.91 Å². The van der Waals surface area contributed by atoms with Gasteiger partial charge in [0.15, 0.2) is 0 Å². The number of benzene rings is 1. The van der Waals surface area contributed by atoms with Gasteiger partial charge < -0.3 is 10.6 Å². The molecule has 0 aromatic heterocycles. The Balaban J connectivity index is 0.00000147. The molecule has 3 nitrogen and oxygen atoms in total. The third-order valence-corrected chi connectivity index (χ3v) is 4.69. The molecule has 1 aromatic rings. The van der Waals surface area contributed by atoms with Gasteiger partial charge in [-0.1, -0.05) is 28.1 Å². The van der Waals surface area contributed by atoms with E-state index in [1.165, 1.54) is 0 Å². The van der Waals surface area contributed by atoms with Gasteiger partial charge in [-0.15, -0.1) is 12.4 Å². The molecule has 1 aliphatic carbocycles. The summed E-state index contributed by atoms with van der Waals surface area (Å²) < 4.78 is 1.04. The van der Waals surface area contributed by atoms with Crippen LogP contribution in [-0.2, 0) is 10.2 Å². The summed E-state index contributed by atoms with van der Waals surface area (Å²) in [7, 11) is 0. The van der Waals surface area contributed by atoms with Gasteiger partial charge in [-0.3, -0.25) is 4.79 Å². The number of hydrogen-bond donors (Lipinski definition) is 2. The zero-order valence-corrected chi connectivity index (χ0v) is 13.7. The molecular weight excluding hydrogens is 340 g/mol. The van der Waals surface area contributed by atoms with Crippen LogP contribution in [0.2, 0.25) is 0 Å². The van der Waals surface area contributed by atoms with E-state index in [4.69, 9.17) is 0 Å². The lowest BCUT2D eigenvalue weighted by molar-refractivity contribution is -0.124. The molecule has 2 fully saturated rings. The van der Waals surface area contributed by atoms with Crippen LogP contribution in [0.25, 0.3) is 0 Å². The van der Waals surface area contributed by atoms with Crippen molar-refractivity contribution in [2.24, 2.45) is 0 Å². The highest BCUT2D eigenvalue weighted by Crippen LogP contribution is 2.49. The van der Waals surface area contributed by atoms with E-state index in [1.807, 2.05) is 12.1 Å². The normalized spacial score (nSPS) is 23.6. The summed E-state index contributed by atoms with van der Waals surface area (Å²) in [5, 5.41) is 6.56. The van der Waals surface area contributed by atoms with Crippen molar-refractivity contribution >= 4 is 34.2 Å². The second-order valence-electron chi connectivity index (χ2n) is 5.61. The number of halogens is 2. The van der Waals surface area contributed by atoms with Crippen molar-refractivity contribution in [3.63, 3.8) is 0 Å². The van der Waals surface area contributed by atoms with Gasteiger partial charge in [-0.25, -0.2) is 0 Å². The van der Waals surface area contributed by atoms with E-state index < -0.39 is 0 Å². The molecule has 0 bridgehead atoms. The molecule has 1 atom stereocenters. The van der Waals surface area contributed by atoms with E-state index in [1.54, 1.807) is 0 Å². The molecule has 1 saturated heterocycles. The van der Waals surface area contributed by atoms with E-state index >= 15 is 0 Å². The Bertz CT molecular complexity index is 485. The molecule has 1 aliphatic heterocycles. The smallest absolute Gasteiger partial charge is 0.230 e. The minimum Gasteiger partial charge on any atom is -0.351 e. The quantitative estimate of drug-likeness (QED) is 0.871.